The van der Waals surface area contributed by atoms with Crippen molar-refractivity contribution >= 4 is 5.97 Å². The van der Waals surface area contributed by atoms with Crippen molar-refractivity contribution in [1.82, 2.24) is 4.90 Å². The first kappa shape index (κ1) is 12.0. The van der Waals surface area contributed by atoms with Gasteiger partial charge in [0.05, 0.1) is 0 Å². The number of carbonyl (C=O) groups excluding carboxylic acids is 1. The van der Waals surface area contributed by atoms with Crippen molar-refractivity contribution in [3.8, 4) is 0 Å². The first-order chi connectivity index (χ1) is 7.29. The standard InChI is InChI=1S/C12H19NO2/c1-3-8-13-9-6-5-7-11(13)12(14)15-10-4-2/h3-4,11H,1-2,5-10H2. The van der Waals surface area contributed by atoms with E-state index in [0.29, 0.717) is 6.61 Å². The number of ether oxygens (including phenoxy) is 1. The Balaban J connectivity index is 2.50. The van der Waals surface area contributed by atoms with Crippen LogP contribution in [0.15, 0.2) is 25.3 Å². The van der Waals surface area contributed by atoms with E-state index in [1.54, 1.807) is 6.08 Å². The number of rotatable bonds is 5. The molecule has 0 radical (unpaired) electrons. The minimum absolute atomic E-state index is 0.0864. The molecule has 0 aliphatic carbocycles. The van der Waals surface area contributed by atoms with Crippen molar-refractivity contribution in [2.24, 2.45) is 0 Å². The third-order valence-electron chi connectivity index (χ3n) is 2.59. The third kappa shape index (κ3) is 3.51. The van der Waals surface area contributed by atoms with Gasteiger partial charge in [-0.25, -0.2) is 0 Å². The van der Waals surface area contributed by atoms with Gasteiger partial charge in [0.25, 0.3) is 0 Å². The van der Waals surface area contributed by atoms with Crippen molar-refractivity contribution < 1.29 is 9.53 Å². The summed E-state index contributed by atoms with van der Waals surface area (Å²) in [6, 6.07) is -0.0864. The highest BCUT2D eigenvalue weighted by molar-refractivity contribution is 5.76. The van der Waals surface area contributed by atoms with Crippen molar-refractivity contribution in [3.05, 3.63) is 25.3 Å². The Hall–Kier alpha value is -1.09. The normalized spacial score (nSPS) is 22.0. The summed E-state index contributed by atoms with van der Waals surface area (Å²) in [5.74, 6) is -0.128. The van der Waals surface area contributed by atoms with Gasteiger partial charge in [-0.2, -0.15) is 0 Å². The van der Waals surface area contributed by atoms with Crippen LogP contribution >= 0.6 is 0 Å². The van der Waals surface area contributed by atoms with Crippen molar-refractivity contribution in [2.75, 3.05) is 19.7 Å². The number of hydrogen-bond donors (Lipinski definition) is 0. The Bertz CT molecular complexity index is 238. The molecule has 1 rings (SSSR count). The van der Waals surface area contributed by atoms with Crippen LogP contribution in [-0.4, -0.2) is 36.6 Å². The third-order valence-corrected chi connectivity index (χ3v) is 2.59. The molecule has 0 amide bonds. The highest BCUT2D eigenvalue weighted by Gasteiger charge is 2.28. The summed E-state index contributed by atoms with van der Waals surface area (Å²) in [4.78, 5) is 13.8. The molecule has 1 atom stereocenters. The second-order valence-corrected chi connectivity index (χ2v) is 3.71. The van der Waals surface area contributed by atoms with Gasteiger partial charge in [0.15, 0.2) is 0 Å². The Labute approximate surface area is 91.4 Å². The lowest BCUT2D eigenvalue weighted by Gasteiger charge is -2.32. The number of piperidine rings is 1. The van der Waals surface area contributed by atoms with Crippen LogP contribution in [-0.2, 0) is 9.53 Å². The van der Waals surface area contributed by atoms with Crippen LogP contribution in [0.4, 0.5) is 0 Å². The van der Waals surface area contributed by atoms with E-state index in [1.165, 1.54) is 0 Å². The molecule has 3 heteroatoms. The average Bonchev–Trinajstić information content (AvgIpc) is 2.27. The summed E-state index contributed by atoms with van der Waals surface area (Å²) < 4.78 is 5.07. The van der Waals surface area contributed by atoms with Gasteiger partial charge in [0.1, 0.15) is 12.6 Å². The molecule has 0 aromatic rings. The highest BCUT2D eigenvalue weighted by Crippen LogP contribution is 2.17. The maximum atomic E-state index is 11.7. The van der Waals surface area contributed by atoms with E-state index in [1.807, 2.05) is 6.08 Å². The maximum absolute atomic E-state index is 11.7. The number of esters is 1. The van der Waals surface area contributed by atoms with Gasteiger partial charge < -0.3 is 4.74 Å². The molecule has 0 N–H and O–H groups in total. The lowest BCUT2D eigenvalue weighted by atomic mass is 10.0. The van der Waals surface area contributed by atoms with Crippen molar-refractivity contribution in [1.29, 1.82) is 0 Å². The Morgan fingerprint density at radius 2 is 2.20 bits per heavy atom. The molecule has 1 fully saturated rings. The molecule has 0 saturated carbocycles. The molecule has 1 unspecified atom stereocenters. The molecule has 0 bridgehead atoms. The summed E-state index contributed by atoms with van der Waals surface area (Å²) in [6.45, 7) is 9.25. The van der Waals surface area contributed by atoms with E-state index >= 15 is 0 Å². The minimum Gasteiger partial charge on any atom is -0.460 e. The fourth-order valence-electron chi connectivity index (χ4n) is 1.88. The molecule has 3 nitrogen and oxygen atoms in total. The molecule has 1 heterocycles. The van der Waals surface area contributed by atoms with Crippen LogP contribution in [0.2, 0.25) is 0 Å². The van der Waals surface area contributed by atoms with E-state index in [9.17, 15) is 4.79 Å². The summed E-state index contributed by atoms with van der Waals surface area (Å²) in [5.41, 5.74) is 0. The van der Waals surface area contributed by atoms with Gasteiger partial charge in [0, 0.05) is 6.54 Å². The summed E-state index contributed by atoms with van der Waals surface area (Å²) in [7, 11) is 0. The second kappa shape index (κ2) is 6.40. The highest BCUT2D eigenvalue weighted by atomic mass is 16.5. The Kier molecular flexibility index (Phi) is 5.12. The van der Waals surface area contributed by atoms with E-state index in [-0.39, 0.29) is 12.0 Å². The van der Waals surface area contributed by atoms with E-state index in [4.69, 9.17) is 4.74 Å². The largest absolute Gasteiger partial charge is 0.460 e. The van der Waals surface area contributed by atoms with E-state index < -0.39 is 0 Å². The van der Waals surface area contributed by atoms with E-state index in [2.05, 4.69) is 18.1 Å². The fraction of sp³-hybridized carbons (Fsp3) is 0.583. The maximum Gasteiger partial charge on any atom is 0.323 e. The topological polar surface area (TPSA) is 29.5 Å². The average molecular weight is 209 g/mol. The van der Waals surface area contributed by atoms with Gasteiger partial charge in [-0.1, -0.05) is 25.2 Å². The van der Waals surface area contributed by atoms with Crippen molar-refractivity contribution in [3.63, 3.8) is 0 Å². The first-order valence-electron chi connectivity index (χ1n) is 5.42. The fourth-order valence-corrected chi connectivity index (χ4v) is 1.88. The van der Waals surface area contributed by atoms with Crippen LogP contribution in [0, 0.1) is 0 Å². The van der Waals surface area contributed by atoms with Crippen LogP contribution in [0.3, 0.4) is 0 Å². The van der Waals surface area contributed by atoms with Crippen LogP contribution in [0.5, 0.6) is 0 Å². The molecule has 84 valence electrons. The van der Waals surface area contributed by atoms with Gasteiger partial charge >= 0.3 is 5.97 Å². The van der Waals surface area contributed by atoms with Gasteiger partial charge in [-0.3, -0.25) is 9.69 Å². The molecule has 0 aromatic carbocycles. The number of nitrogens with zero attached hydrogens (tertiary/aromatic N) is 1. The number of carbonyl (C=O) groups is 1. The molecule has 1 aliphatic rings. The summed E-state index contributed by atoms with van der Waals surface area (Å²) in [6.07, 6.45) is 6.57. The molecule has 1 aliphatic heterocycles. The minimum atomic E-state index is -0.128. The molecule has 1 saturated heterocycles. The molecule has 15 heavy (non-hydrogen) atoms. The van der Waals surface area contributed by atoms with Gasteiger partial charge in [0.2, 0.25) is 0 Å². The SMILES string of the molecule is C=CCOC(=O)C1CCCCN1CC=C. The summed E-state index contributed by atoms with van der Waals surface area (Å²) in [5, 5.41) is 0. The monoisotopic (exact) mass is 209 g/mol. The van der Waals surface area contributed by atoms with E-state index in [0.717, 1.165) is 32.4 Å². The predicted octanol–water partition coefficient (Wildman–Crippen LogP) is 1.76. The van der Waals surface area contributed by atoms with Crippen molar-refractivity contribution in [2.45, 2.75) is 25.3 Å². The Morgan fingerprint density at radius 1 is 1.40 bits per heavy atom. The predicted molar refractivity (Wildman–Crippen MR) is 60.6 cm³/mol. The zero-order valence-corrected chi connectivity index (χ0v) is 9.15. The zero-order valence-electron chi connectivity index (χ0n) is 9.15. The zero-order chi connectivity index (χ0) is 11.1. The molecular formula is C12H19NO2. The van der Waals surface area contributed by atoms with Gasteiger partial charge in [-0.15, -0.1) is 6.58 Å². The molecule has 0 spiro atoms. The molecule has 0 aromatic heterocycles. The van der Waals surface area contributed by atoms with Crippen LogP contribution in [0.25, 0.3) is 0 Å². The second-order valence-electron chi connectivity index (χ2n) is 3.71. The first-order valence-corrected chi connectivity index (χ1v) is 5.42. The quantitative estimate of drug-likeness (QED) is 0.510. The number of likely N-dealkylation sites (tertiary alicyclic amines) is 1. The van der Waals surface area contributed by atoms with Crippen LogP contribution in [0.1, 0.15) is 19.3 Å². The lowest BCUT2D eigenvalue weighted by Crippen LogP contribution is -2.45. The summed E-state index contributed by atoms with van der Waals surface area (Å²) >= 11 is 0. The smallest absolute Gasteiger partial charge is 0.323 e. The van der Waals surface area contributed by atoms with Gasteiger partial charge in [-0.05, 0) is 19.4 Å². The number of hydrogen-bond acceptors (Lipinski definition) is 3. The lowest BCUT2D eigenvalue weighted by molar-refractivity contribution is -0.149. The molecular weight excluding hydrogens is 190 g/mol. The Morgan fingerprint density at radius 3 is 2.87 bits per heavy atom. The van der Waals surface area contributed by atoms with Crippen LogP contribution < -0.4 is 0 Å².